The van der Waals surface area contributed by atoms with E-state index in [2.05, 4.69) is 34.6 Å². The minimum atomic E-state index is -1.16. The minimum absolute atomic E-state index is 0.108. The van der Waals surface area contributed by atoms with E-state index in [-0.39, 0.29) is 30.2 Å². The molecule has 0 spiro atoms. The van der Waals surface area contributed by atoms with Crippen molar-refractivity contribution < 1.29 is 33.3 Å². The first kappa shape index (κ1) is 46.3. The minimum Gasteiger partial charge on any atom is -0.493 e. The lowest BCUT2D eigenvalue weighted by Gasteiger charge is -2.37. The molecule has 0 bridgehead atoms. The lowest BCUT2D eigenvalue weighted by atomic mass is 9.86. The Morgan fingerprint density at radius 3 is 2.39 bits per heavy atom. The third-order valence-electron chi connectivity index (χ3n) is 13.7. The van der Waals surface area contributed by atoms with Gasteiger partial charge in [0.15, 0.2) is 0 Å². The van der Waals surface area contributed by atoms with Gasteiger partial charge in [0.1, 0.15) is 29.5 Å². The number of carbonyl (C=O) groups is 2. The zero-order valence-corrected chi connectivity index (χ0v) is 39.2. The molecule has 12 heteroatoms. The number of benzene rings is 5. The fraction of sp³-hybridized carbons (Fsp3) is 0.327. The molecule has 4 heterocycles. The first-order valence-corrected chi connectivity index (χ1v) is 23.8. The number of pyridine rings is 1. The number of aryl methyl sites for hydroxylation is 1. The van der Waals surface area contributed by atoms with Crippen LogP contribution in [0.1, 0.15) is 81.5 Å². The van der Waals surface area contributed by atoms with Crippen LogP contribution in [0, 0.1) is 25.6 Å². The molecule has 3 aliphatic heterocycles. The topological polar surface area (TPSA) is 110 Å². The van der Waals surface area contributed by atoms with Gasteiger partial charge in [-0.05, 0) is 156 Å². The van der Waals surface area contributed by atoms with Crippen LogP contribution in [0.5, 0.6) is 11.5 Å². The summed E-state index contributed by atoms with van der Waals surface area (Å²) in [4.78, 5) is 33.4. The number of nitrogens with zero attached hydrogens (tertiary/aromatic N) is 2. The summed E-state index contributed by atoms with van der Waals surface area (Å²) in [6.07, 6.45) is 5.37. The lowest BCUT2D eigenvalue weighted by molar-refractivity contribution is -0.142. The van der Waals surface area contributed by atoms with Crippen LogP contribution in [0.15, 0.2) is 115 Å². The summed E-state index contributed by atoms with van der Waals surface area (Å²) in [6, 6.07) is 32.6. The average Bonchev–Trinajstić information content (AvgIpc) is 3.54. The van der Waals surface area contributed by atoms with Crippen molar-refractivity contribution in [1.82, 2.24) is 15.2 Å². The molecule has 9 nitrogen and oxygen atoms in total. The maximum atomic E-state index is 14.5. The predicted molar refractivity (Wildman–Crippen MR) is 258 cm³/mol. The molecule has 1 fully saturated rings. The Morgan fingerprint density at radius 2 is 1.64 bits per heavy atom. The molecule has 2 N–H and O–H groups in total. The quantitative estimate of drug-likeness (QED) is 0.118. The van der Waals surface area contributed by atoms with Gasteiger partial charge in [0, 0.05) is 50.5 Å². The molecule has 67 heavy (non-hydrogen) atoms. The van der Waals surface area contributed by atoms with Crippen LogP contribution in [-0.4, -0.2) is 58.8 Å². The third-order valence-corrected chi connectivity index (χ3v) is 14.5. The summed E-state index contributed by atoms with van der Waals surface area (Å²) >= 11 is 12.7. The van der Waals surface area contributed by atoms with Gasteiger partial charge in [0.05, 0.1) is 22.7 Å². The fourth-order valence-electron chi connectivity index (χ4n) is 9.86. The van der Waals surface area contributed by atoms with Crippen molar-refractivity contribution in [1.29, 1.82) is 0 Å². The first-order valence-electron chi connectivity index (χ1n) is 23.1. The zero-order chi connectivity index (χ0) is 46.6. The Balaban J connectivity index is 0.919. The van der Waals surface area contributed by atoms with E-state index in [0.29, 0.717) is 49.4 Å². The smallest absolute Gasteiger partial charge is 0.326 e. The molecule has 0 aliphatic carbocycles. The summed E-state index contributed by atoms with van der Waals surface area (Å²) < 4.78 is 33.3. The van der Waals surface area contributed by atoms with E-state index in [9.17, 15) is 19.1 Å². The highest BCUT2D eigenvalue weighted by molar-refractivity contribution is 6.42. The molecule has 5 aromatic carbocycles. The number of ether oxygens (including phenoxy) is 3. The predicted octanol–water partition coefficient (Wildman–Crippen LogP) is 11.2. The zero-order valence-electron chi connectivity index (χ0n) is 37.7. The van der Waals surface area contributed by atoms with Crippen LogP contribution in [0.4, 0.5) is 4.39 Å². The molecular weight excluding hydrogens is 889 g/mol. The van der Waals surface area contributed by atoms with Gasteiger partial charge in [0.2, 0.25) is 5.91 Å². The maximum absolute atomic E-state index is 14.5. The van der Waals surface area contributed by atoms with Gasteiger partial charge in [-0.25, -0.2) is 9.18 Å². The van der Waals surface area contributed by atoms with Gasteiger partial charge in [-0.15, -0.1) is 0 Å². The summed E-state index contributed by atoms with van der Waals surface area (Å²) in [5.74, 6) is 0.151. The molecule has 0 unspecified atom stereocenters. The molecule has 9 rings (SSSR count). The van der Waals surface area contributed by atoms with Gasteiger partial charge < -0.3 is 24.6 Å². The van der Waals surface area contributed by atoms with Crippen LogP contribution >= 0.6 is 23.2 Å². The second-order valence-corrected chi connectivity index (χ2v) is 18.9. The van der Waals surface area contributed by atoms with Crippen LogP contribution in [0.3, 0.4) is 0 Å². The van der Waals surface area contributed by atoms with E-state index < -0.39 is 24.0 Å². The highest BCUT2D eigenvalue weighted by Crippen LogP contribution is 2.40. The van der Waals surface area contributed by atoms with Gasteiger partial charge >= 0.3 is 5.97 Å². The number of aromatic nitrogens is 1. The van der Waals surface area contributed by atoms with Crippen molar-refractivity contribution in [3.63, 3.8) is 0 Å². The fourth-order valence-corrected chi connectivity index (χ4v) is 10.2. The SMILES string of the molecule is Cc1nccc(-c2ccc(C[C@H](NC(=O)[C@@H]3Cc4cc5c(cc4CN3Cc3cccc(F)c3)C[C@H](c3ccc(O[C@@H](c4ccc(Cl)c(Cl)c4)C4CCOCC4)cc3)CCO5)C(=O)O)cc2)c1C. The number of amides is 1. The number of hydrogen-bond donors (Lipinski definition) is 2. The van der Waals surface area contributed by atoms with Gasteiger partial charge in [-0.2, -0.15) is 0 Å². The molecule has 0 saturated carbocycles. The largest absolute Gasteiger partial charge is 0.493 e. The van der Waals surface area contributed by atoms with Gasteiger partial charge in [-0.1, -0.05) is 83.9 Å². The van der Waals surface area contributed by atoms with Crippen molar-refractivity contribution in [3.8, 4) is 22.6 Å². The van der Waals surface area contributed by atoms with Crippen molar-refractivity contribution in [2.45, 2.75) is 89.6 Å². The molecule has 3 aliphatic rings. The molecule has 0 radical (unpaired) electrons. The normalized spacial score (nSPS) is 18.4. The second-order valence-electron chi connectivity index (χ2n) is 18.1. The first-order chi connectivity index (χ1) is 32.4. The van der Waals surface area contributed by atoms with Crippen LogP contribution in [0.2, 0.25) is 10.0 Å². The lowest BCUT2D eigenvalue weighted by Crippen LogP contribution is -2.54. The number of carbonyl (C=O) groups excluding carboxylic acids is 1. The summed E-state index contributed by atoms with van der Waals surface area (Å²) in [6.45, 7) is 6.62. The van der Waals surface area contributed by atoms with Crippen LogP contribution < -0.4 is 14.8 Å². The van der Waals surface area contributed by atoms with E-state index in [1.54, 1.807) is 12.3 Å². The van der Waals surface area contributed by atoms with Crippen LogP contribution in [-0.2, 0) is 46.7 Å². The van der Waals surface area contributed by atoms with E-state index in [4.69, 9.17) is 37.4 Å². The van der Waals surface area contributed by atoms with E-state index in [1.807, 2.05) is 85.5 Å². The Bertz CT molecular complexity index is 2750. The molecule has 4 atom stereocenters. The number of carboxylic acid groups (broad SMARTS) is 1. The average molecular weight is 943 g/mol. The summed E-state index contributed by atoms with van der Waals surface area (Å²) in [7, 11) is 0. The number of carboxylic acids is 1. The Labute approximate surface area is 401 Å². The Morgan fingerprint density at radius 1 is 0.851 bits per heavy atom. The highest BCUT2D eigenvalue weighted by atomic mass is 35.5. The summed E-state index contributed by atoms with van der Waals surface area (Å²) in [5, 5.41) is 14.3. The summed E-state index contributed by atoms with van der Waals surface area (Å²) in [5.41, 5.74) is 10.9. The standard InChI is InChI=1S/C55H54Cl2FN3O6/c1-33-34(2)59-20-16-47(33)38-8-6-35(7-9-38)25-50(55(63)64)60-54(62)51-29-42-30-52-43(27-44(42)32-61(51)31-36-4-3-5-45(58)24-36)26-40(19-23-66-52)37-10-13-46(14-11-37)67-53(39-17-21-65-22-18-39)41-12-15-48(56)49(57)28-41/h3-16,20,24,27-28,30,39-40,50-51,53H,17-19,21-23,25-26,29,31-32H2,1-2H3,(H,60,62)(H,63,64)/t40-,50+,51+,53-/m1/s1. The molecule has 1 aromatic heterocycles. The number of rotatable bonds is 13. The van der Waals surface area contributed by atoms with Crippen LogP contribution in [0.25, 0.3) is 11.1 Å². The van der Waals surface area contributed by atoms with E-state index in [0.717, 1.165) is 92.9 Å². The van der Waals surface area contributed by atoms with Crippen molar-refractivity contribution >= 4 is 35.1 Å². The molecule has 1 saturated heterocycles. The Kier molecular flexibility index (Phi) is 14.3. The third kappa shape index (κ3) is 10.8. The second kappa shape index (κ2) is 20.6. The number of fused-ring (bicyclic) bond motifs is 2. The molecule has 1 amide bonds. The monoisotopic (exact) mass is 941 g/mol. The number of nitrogens with one attached hydrogen (secondary N) is 1. The molecule has 6 aromatic rings. The number of aliphatic carboxylic acids is 1. The maximum Gasteiger partial charge on any atom is 0.326 e. The molecule has 346 valence electrons. The van der Waals surface area contributed by atoms with E-state index in [1.165, 1.54) is 17.7 Å². The highest BCUT2D eigenvalue weighted by Gasteiger charge is 2.36. The Hall–Kier alpha value is -5.78. The number of hydrogen-bond acceptors (Lipinski definition) is 7. The number of halogens is 3. The van der Waals surface area contributed by atoms with Gasteiger partial charge in [-0.3, -0.25) is 14.7 Å². The van der Waals surface area contributed by atoms with Crippen molar-refractivity contribution in [2.75, 3.05) is 19.8 Å². The van der Waals surface area contributed by atoms with Gasteiger partial charge in [0.25, 0.3) is 0 Å². The molecular formula is C55H54Cl2FN3O6. The van der Waals surface area contributed by atoms with Crippen molar-refractivity contribution in [2.24, 2.45) is 5.92 Å². The van der Waals surface area contributed by atoms with E-state index >= 15 is 0 Å². The van der Waals surface area contributed by atoms with Crippen molar-refractivity contribution in [3.05, 3.63) is 181 Å².